The summed E-state index contributed by atoms with van der Waals surface area (Å²) >= 11 is 0. The summed E-state index contributed by atoms with van der Waals surface area (Å²) in [5.41, 5.74) is 0.542. The smallest absolute Gasteiger partial charge is 0.0948 e. The van der Waals surface area contributed by atoms with E-state index >= 15 is 0 Å². The maximum absolute atomic E-state index is 10.4. The predicted molar refractivity (Wildman–Crippen MR) is 99.4 cm³/mol. The molecule has 0 aromatic carbocycles. The van der Waals surface area contributed by atoms with E-state index in [1.807, 2.05) is 0 Å². The van der Waals surface area contributed by atoms with E-state index in [0.717, 1.165) is 29.9 Å². The van der Waals surface area contributed by atoms with Gasteiger partial charge in [-0.25, -0.2) is 8.42 Å². The van der Waals surface area contributed by atoms with E-state index in [0.29, 0.717) is 17.8 Å². The van der Waals surface area contributed by atoms with Gasteiger partial charge >= 0.3 is 0 Å². The minimum absolute atomic E-state index is 0.240. The Hall–Kier alpha value is -0.130. The van der Waals surface area contributed by atoms with Crippen molar-refractivity contribution in [2.75, 3.05) is 32.9 Å². The van der Waals surface area contributed by atoms with Crippen molar-refractivity contribution >= 4 is 10.1 Å². The molecule has 0 radical (unpaired) electrons. The Labute approximate surface area is 146 Å². The molecule has 0 atom stereocenters. The van der Waals surface area contributed by atoms with E-state index in [1.165, 1.54) is 6.42 Å². The zero-order valence-electron chi connectivity index (χ0n) is 17.0. The van der Waals surface area contributed by atoms with Crippen LogP contribution in [-0.2, 0) is 10.1 Å². The van der Waals surface area contributed by atoms with Crippen LogP contribution in [0.1, 0.15) is 67.7 Å². The second-order valence-electron chi connectivity index (χ2n) is 8.68. The second-order valence-corrected chi connectivity index (χ2v) is 10.2. The molecule has 0 aliphatic heterocycles. The highest BCUT2D eigenvalue weighted by Crippen LogP contribution is 2.28. The Bertz CT molecular complexity index is 398. The number of quaternary nitrogens is 1. The van der Waals surface area contributed by atoms with Crippen LogP contribution in [0.15, 0.2) is 0 Å². The van der Waals surface area contributed by atoms with Gasteiger partial charge in [0.1, 0.15) is 0 Å². The van der Waals surface area contributed by atoms with Crippen molar-refractivity contribution < 1.29 is 17.5 Å². The summed E-state index contributed by atoms with van der Waals surface area (Å²) in [6.45, 7) is 17.6. The molecule has 0 aliphatic carbocycles. The average molecular weight is 352 g/mol. The quantitative estimate of drug-likeness (QED) is 0.464. The van der Waals surface area contributed by atoms with Crippen molar-refractivity contribution in [2.45, 2.75) is 67.7 Å². The van der Waals surface area contributed by atoms with Crippen LogP contribution in [0.5, 0.6) is 0 Å². The van der Waals surface area contributed by atoms with Crippen molar-refractivity contribution in [2.24, 2.45) is 17.3 Å². The zero-order valence-corrected chi connectivity index (χ0v) is 17.8. The molecule has 0 aliphatic rings. The largest absolute Gasteiger partial charge is 0.748 e. The molecule has 0 amide bonds. The van der Waals surface area contributed by atoms with Crippen LogP contribution in [0, 0.1) is 17.3 Å². The Balaban J connectivity index is 0. The molecular weight excluding hydrogens is 310 g/mol. The highest BCUT2D eigenvalue weighted by atomic mass is 32.2. The van der Waals surface area contributed by atoms with Gasteiger partial charge < -0.3 is 9.04 Å². The minimum Gasteiger partial charge on any atom is -0.748 e. The van der Waals surface area contributed by atoms with Crippen LogP contribution >= 0.6 is 0 Å². The Kier molecular flexibility index (Phi) is 11.7. The third-order valence-corrected chi connectivity index (χ3v) is 5.73. The lowest BCUT2D eigenvalue weighted by atomic mass is 9.79. The molecule has 142 valence electrons. The fraction of sp³-hybridized carbons (Fsp3) is 1.00. The SMILES string of the molecule is CC(C)CC[N+](C)(C)CCCS(=O)(=O)[O-].CCC(C)(C)C(C)C. The van der Waals surface area contributed by atoms with E-state index in [1.54, 1.807) is 0 Å². The van der Waals surface area contributed by atoms with Crippen molar-refractivity contribution in [3.8, 4) is 0 Å². The monoisotopic (exact) mass is 351 g/mol. The summed E-state index contributed by atoms with van der Waals surface area (Å²) in [6.07, 6.45) is 2.86. The number of hydrogen-bond donors (Lipinski definition) is 0. The summed E-state index contributed by atoms with van der Waals surface area (Å²) in [5.74, 6) is 1.23. The molecule has 0 saturated heterocycles. The summed E-state index contributed by atoms with van der Waals surface area (Å²) < 4.78 is 32.0. The van der Waals surface area contributed by atoms with Crippen LogP contribution in [0.3, 0.4) is 0 Å². The molecule has 0 rings (SSSR count). The molecule has 0 unspecified atom stereocenters. The van der Waals surface area contributed by atoms with Crippen LogP contribution < -0.4 is 0 Å². The first-order valence-electron chi connectivity index (χ1n) is 8.88. The van der Waals surface area contributed by atoms with Gasteiger partial charge in [-0.15, -0.1) is 0 Å². The molecule has 0 saturated carbocycles. The molecule has 0 N–H and O–H groups in total. The van der Waals surface area contributed by atoms with Gasteiger partial charge in [0, 0.05) is 12.2 Å². The topological polar surface area (TPSA) is 57.2 Å². The van der Waals surface area contributed by atoms with Gasteiger partial charge in [0.05, 0.1) is 37.3 Å². The van der Waals surface area contributed by atoms with Gasteiger partial charge in [0.25, 0.3) is 0 Å². The van der Waals surface area contributed by atoms with Gasteiger partial charge in [-0.05, 0) is 23.7 Å². The highest BCUT2D eigenvalue weighted by Gasteiger charge is 2.18. The molecule has 5 heteroatoms. The normalized spacial score (nSPS) is 13.2. The molecule has 0 bridgehead atoms. The van der Waals surface area contributed by atoms with Crippen molar-refractivity contribution in [3.63, 3.8) is 0 Å². The Morgan fingerprint density at radius 3 is 1.78 bits per heavy atom. The summed E-state index contributed by atoms with van der Waals surface area (Å²) in [7, 11) is 0.101. The fourth-order valence-corrected chi connectivity index (χ4v) is 2.28. The molecule has 23 heavy (non-hydrogen) atoms. The number of nitrogens with zero attached hydrogens (tertiary/aromatic N) is 1. The van der Waals surface area contributed by atoms with Crippen molar-refractivity contribution in [1.82, 2.24) is 0 Å². The molecule has 0 fully saturated rings. The van der Waals surface area contributed by atoms with E-state index in [-0.39, 0.29) is 5.75 Å². The van der Waals surface area contributed by atoms with Crippen LogP contribution in [0.4, 0.5) is 0 Å². The van der Waals surface area contributed by atoms with E-state index in [9.17, 15) is 13.0 Å². The van der Waals surface area contributed by atoms with E-state index in [4.69, 9.17) is 0 Å². The van der Waals surface area contributed by atoms with Crippen LogP contribution in [0.25, 0.3) is 0 Å². The average Bonchev–Trinajstić information content (AvgIpc) is 2.35. The first-order valence-corrected chi connectivity index (χ1v) is 10.5. The summed E-state index contributed by atoms with van der Waals surface area (Å²) in [4.78, 5) is 0. The molecule has 4 nitrogen and oxygen atoms in total. The first kappa shape index (κ1) is 25.1. The molecule has 0 spiro atoms. The standard InChI is InChI=1S/C10H23NO3S.C8H18/c1-10(2)6-8-11(3,4)7-5-9-15(12,13)14;1-6-8(4,5)7(2)3/h10H,5-9H2,1-4H3;7H,6H2,1-5H3. The van der Waals surface area contributed by atoms with Crippen molar-refractivity contribution in [1.29, 1.82) is 0 Å². The Morgan fingerprint density at radius 2 is 1.52 bits per heavy atom. The molecule has 0 aromatic heterocycles. The second kappa shape index (κ2) is 10.7. The van der Waals surface area contributed by atoms with Gasteiger partial charge in [-0.1, -0.05) is 54.9 Å². The number of hydrogen-bond acceptors (Lipinski definition) is 3. The summed E-state index contributed by atoms with van der Waals surface area (Å²) in [5, 5.41) is 0. The van der Waals surface area contributed by atoms with Gasteiger partial charge in [-0.2, -0.15) is 0 Å². The van der Waals surface area contributed by atoms with Crippen molar-refractivity contribution in [3.05, 3.63) is 0 Å². The van der Waals surface area contributed by atoms with E-state index < -0.39 is 10.1 Å². The van der Waals surface area contributed by atoms with Crippen LogP contribution in [-0.4, -0.2) is 50.4 Å². The van der Waals surface area contributed by atoms with Gasteiger partial charge in [-0.3, -0.25) is 0 Å². The maximum Gasteiger partial charge on any atom is 0.0948 e. The molecule has 0 aromatic rings. The fourth-order valence-electron chi connectivity index (χ4n) is 1.80. The highest BCUT2D eigenvalue weighted by molar-refractivity contribution is 7.85. The lowest BCUT2D eigenvalue weighted by Crippen LogP contribution is -2.42. The third-order valence-electron chi connectivity index (χ3n) is 4.94. The third kappa shape index (κ3) is 16.5. The first-order chi connectivity index (χ1) is 10.1. The van der Waals surface area contributed by atoms with Gasteiger partial charge in [0.15, 0.2) is 0 Å². The Morgan fingerprint density at radius 1 is 1.04 bits per heavy atom. The maximum atomic E-state index is 10.4. The van der Waals surface area contributed by atoms with Crippen LogP contribution in [0.2, 0.25) is 0 Å². The molecular formula is C18H41NO3S. The lowest BCUT2D eigenvalue weighted by Gasteiger charge is -2.30. The summed E-state index contributed by atoms with van der Waals surface area (Å²) in [6, 6.07) is 0. The lowest BCUT2D eigenvalue weighted by molar-refractivity contribution is -0.890. The zero-order chi connectivity index (χ0) is 18.9. The van der Waals surface area contributed by atoms with Gasteiger partial charge in [0.2, 0.25) is 0 Å². The minimum atomic E-state index is -4.04. The predicted octanol–water partition coefficient (Wildman–Crippen LogP) is 4.12. The van der Waals surface area contributed by atoms with E-state index in [2.05, 4.69) is 62.6 Å². The molecule has 0 heterocycles. The number of rotatable bonds is 9.